The maximum Gasteiger partial charge on any atom is 0.312 e. The smallest absolute Gasteiger partial charge is 0.312 e. The molecule has 0 amide bonds. The summed E-state index contributed by atoms with van der Waals surface area (Å²) in [7, 11) is 0. The molecule has 0 heterocycles. The Morgan fingerprint density at radius 3 is 1.13 bits per heavy atom. The van der Waals surface area contributed by atoms with Crippen LogP contribution >= 0.6 is 0 Å². The molecule has 0 aromatic carbocycles. The van der Waals surface area contributed by atoms with Gasteiger partial charge in [0.05, 0.1) is 21.7 Å². The number of carbonyl (C=O) groups is 4. The highest BCUT2D eigenvalue weighted by Crippen LogP contribution is 2.71. The Bertz CT molecular complexity index is 1770. The SMILES string of the molecule is C.C.C.C.C.C.C.C.CCC(C)(C)C(=O)OC1(C(C)C)CC2CC1C1C3CCC(C3)C21.CCC(C)(C)C(=O)OC1(C(C)C)CCCC1.CCC(C)(C)C(=O)OC1(C)CCCCCCC1.CCC1(OC(=O)C(C)(C)CC)CCCCCCC1. The van der Waals surface area contributed by atoms with Gasteiger partial charge in [-0.3, -0.25) is 19.2 Å². The first kappa shape index (κ1) is 88.6. The van der Waals surface area contributed by atoms with E-state index in [2.05, 4.69) is 55.4 Å². The zero-order valence-corrected chi connectivity index (χ0v) is 51.7. The first-order chi connectivity index (χ1) is 34.5. The van der Waals surface area contributed by atoms with Gasteiger partial charge in [0.15, 0.2) is 0 Å². The lowest BCUT2D eigenvalue weighted by molar-refractivity contribution is -0.190. The molecule has 0 saturated heterocycles. The minimum absolute atomic E-state index is 0. The number of ether oxygens (including phenoxy) is 4. The van der Waals surface area contributed by atoms with E-state index < -0.39 is 0 Å². The van der Waals surface area contributed by atoms with Crippen LogP contribution in [0.25, 0.3) is 0 Å². The first-order valence-electron chi connectivity index (χ1n) is 31.4. The van der Waals surface area contributed by atoms with Crippen molar-refractivity contribution in [1.29, 1.82) is 0 Å². The van der Waals surface area contributed by atoms with E-state index in [0.717, 1.165) is 107 Å². The van der Waals surface area contributed by atoms with Crippen molar-refractivity contribution < 1.29 is 38.1 Å². The molecule has 0 radical (unpaired) electrons. The third kappa shape index (κ3) is 21.6. The fourth-order valence-electron chi connectivity index (χ4n) is 14.0. The van der Waals surface area contributed by atoms with Crippen molar-refractivity contribution in [2.24, 2.45) is 69.0 Å². The average molecular weight is 1170 g/mol. The van der Waals surface area contributed by atoms with Gasteiger partial charge in [0, 0.05) is 5.92 Å². The lowest BCUT2D eigenvalue weighted by Gasteiger charge is -2.49. The highest BCUT2D eigenvalue weighted by molar-refractivity contribution is 5.77. The number of hydrogen-bond acceptors (Lipinski definition) is 8. The maximum absolute atomic E-state index is 12.9. The zero-order chi connectivity index (χ0) is 55.6. The topological polar surface area (TPSA) is 105 Å². The van der Waals surface area contributed by atoms with Crippen LogP contribution < -0.4 is 0 Å². The molecule has 7 unspecified atom stereocenters. The second-order valence-electron chi connectivity index (χ2n) is 28.9. The number of carbonyl (C=O) groups excluding carboxylic acids is 4. The van der Waals surface area contributed by atoms with Crippen molar-refractivity contribution in [2.75, 3.05) is 0 Å². The van der Waals surface area contributed by atoms with Crippen molar-refractivity contribution in [3.63, 3.8) is 0 Å². The fraction of sp³-hybridized carbons (Fsp3) is 0.946. The molecule has 494 valence electrons. The van der Waals surface area contributed by atoms with Crippen LogP contribution in [0.5, 0.6) is 0 Å². The Labute approximate surface area is 515 Å². The Hall–Kier alpha value is -2.12. The average Bonchev–Trinajstić information content (AvgIpc) is 4.20. The van der Waals surface area contributed by atoms with E-state index in [1.165, 1.54) is 103 Å². The Morgan fingerprint density at radius 2 is 0.756 bits per heavy atom. The van der Waals surface area contributed by atoms with Gasteiger partial charge < -0.3 is 18.9 Å². The molecular weight excluding hydrogens is 1020 g/mol. The van der Waals surface area contributed by atoms with Crippen LogP contribution in [0.15, 0.2) is 0 Å². The number of rotatable bonds is 15. The van der Waals surface area contributed by atoms with E-state index in [1.54, 1.807) is 0 Å². The third-order valence-electron chi connectivity index (χ3n) is 21.6. The molecule has 0 aromatic rings. The Balaban J connectivity index is -0.000000315. The van der Waals surface area contributed by atoms with Crippen LogP contribution in [0, 0.1) is 69.0 Å². The molecule has 7 atom stereocenters. The lowest BCUT2D eigenvalue weighted by atomic mass is 9.63. The monoisotopic (exact) mass is 1170 g/mol. The highest BCUT2D eigenvalue weighted by Gasteiger charge is 2.69. The van der Waals surface area contributed by atoms with Crippen LogP contribution in [-0.4, -0.2) is 46.3 Å². The molecule has 82 heavy (non-hydrogen) atoms. The van der Waals surface area contributed by atoms with Crippen molar-refractivity contribution >= 4 is 23.9 Å². The molecule has 7 saturated carbocycles. The van der Waals surface area contributed by atoms with Gasteiger partial charge in [-0.1, -0.05) is 160 Å². The van der Waals surface area contributed by atoms with E-state index in [9.17, 15) is 19.2 Å². The minimum atomic E-state index is -0.349. The third-order valence-corrected chi connectivity index (χ3v) is 21.6. The van der Waals surface area contributed by atoms with E-state index in [1.807, 2.05) is 69.2 Å². The number of hydrogen-bond donors (Lipinski definition) is 0. The van der Waals surface area contributed by atoms with Gasteiger partial charge in [-0.25, -0.2) is 0 Å². The van der Waals surface area contributed by atoms with Crippen LogP contribution in [-0.2, 0) is 38.1 Å². The van der Waals surface area contributed by atoms with Gasteiger partial charge in [-0.05, 0) is 245 Å². The molecule has 0 aromatic heterocycles. The lowest BCUT2D eigenvalue weighted by Crippen LogP contribution is -2.52. The Morgan fingerprint density at radius 1 is 0.415 bits per heavy atom. The fourth-order valence-corrected chi connectivity index (χ4v) is 14.0. The van der Waals surface area contributed by atoms with Gasteiger partial charge >= 0.3 is 23.9 Å². The molecule has 8 nitrogen and oxygen atoms in total. The highest BCUT2D eigenvalue weighted by atomic mass is 16.6. The molecule has 7 fully saturated rings. The standard InChI is InChI=1S/C21H34O2.C16H30O2.C15H28O2.C14H26O2.8CH4/c1-6-20(4,5)19(22)23-21(12(2)3)11-15-10-16(21)18-14-8-7-13(9-14)17(15)18;1-5-15(3,4)14(17)18-16(6-2)12-10-8-7-9-11-13-16;1-5-14(2,3)13(16)17-15(4)11-9-7-6-8-10-12-15;1-6-13(4,5)12(15)16-14(11(2)3)9-7-8-10-14;;;;;;;;/h12-18H,6-11H2,1-5H3;5-13H2,1-4H3;5-12H2,1-4H3;11H,6-10H2,1-5H3;8*1H4. The molecular formula is C74H150O8. The molecule has 7 aliphatic carbocycles. The first-order valence-corrected chi connectivity index (χ1v) is 31.4. The quantitative estimate of drug-likeness (QED) is 0.0907. The summed E-state index contributed by atoms with van der Waals surface area (Å²) >= 11 is 0. The normalized spacial score (nSPS) is 26.2. The summed E-state index contributed by atoms with van der Waals surface area (Å²) in [5.74, 6) is 6.12. The minimum Gasteiger partial charge on any atom is -0.459 e. The van der Waals surface area contributed by atoms with Gasteiger partial charge in [0.25, 0.3) is 0 Å². The summed E-state index contributed by atoms with van der Waals surface area (Å²) in [6.07, 6.45) is 32.4. The molecule has 0 aliphatic heterocycles. The molecule has 0 N–H and O–H groups in total. The molecule has 8 heteroatoms. The van der Waals surface area contributed by atoms with Gasteiger partial charge in [0.2, 0.25) is 0 Å². The van der Waals surface area contributed by atoms with Crippen LogP contribution in [0.3, 0.4) is 0 Å². The summed E-state index contributed by atoms with van der Waals surface area (Å²) in [6.45, 7) is 37.3. The van der Waals surface area contributed by atoms with E-state index in [0.29, 0.717) is 17.8 Å². The van der Waals surface area contributed by atoms with Crippen molar-refractivity contribution in [2.45, 2.75) is 386 Å². The predicted octanol–water partition coefficient (Wildman–Crippen LogP) is 23.4. The van der Waals surface area contributed by atoms with Crippen molar-refractivity contribution in [3.8, 4) is 0 Å². The van der Waals surface area contributed by atoms with E-state index in [4.69, 9.17) is 18.9 Å². The Kier molecular flexibility index (Phi) is 39.9. The van der Waals surface area contributed by atoms with E-state index >= 15 is 0 Å². The number of esters is 4. The van der Waals surface area contributed by atoms with Crippen LogP contribution in [0.1, 0.15) is 364 Å². The summed E-state index contributed by atoms with van der Waals surface area (Å²) in [5.41, 5.74) is -2.12. The largest absolute Gasteiger partial charge is 0.459 e. The van der Waals surface area contributed by atoms with Crippen LogP contribution in [0.4, 0.5) is 0 Å². The zero-order valence-electron chi connectivity index (χ0n) is 51.7. The second-order valence-corrected chi connectivity index (χ2v) is 28.9. The van der Waals surface area contributed by atoms with Gasteiger partial charge in [-0.2, -0.15) is 0 Å². The molecule has 7 rings (SSSR count). The summed E-state index contributed by atoms with van der Waals surface area (Å²) in [6, 6.07) is 0. The van der Waals surface area contributed by atoms with Crippen LogP contribution in [0.2, 0.25) is 0 Å². The van der Waals surface area contributed by atoms with Crippen molar-refractivity contribution in [1.82, 2.24) is 0 Å². The van der Waals surface area contributed by atoms with E-state index in [-0.39, 0.29) is 127 Å². The maximum atomic E-state index is 12.9. The molecule has 7 aliphatic rings. The van der Waals surface area contributed by atoms with Crippen molar-refractivity contribution in [3.05, 3.63) is 0 Å². The summed E-state index contributed by atoms with van der Waals surface area (Å²) in [4.78, 5) is 49.5. The summed E-state index contributed by atoms with van der Waals surface area (Å²) in [5, 5.41) is 0. The van der Waals surface area contributed by atoms with Gasteiger partial charge in [-0.15, -0.1) is 0 Å². The number of fused-ring (bicyclic) bond motifs is 9. The molecule has 4 bridgehead atoms. The molecule has 0 spiro atoms. The van der Waals surface area contributed by atoms with Gasteiger partial charge in [0.1, 0.15) is 22.4 Å². The summed E-state index contributed by atoms with van der Waals surface area (Å²) < 4.78 is 24.1. The predicted molar refractivity (Wildman–Crippen MR) is 358 cm³/mol. The second kappa shape index (κ2) is 36.9.